The van der Waals surface area contributed by atoms with Crippen LogP contribution < -0.4 is 9.62 Å². The number of sulfonamides is 1. The number of para-hydroxylation sites is 1. The van der Waals surface area contributed by atoms with Gasteiger partial charge in [-0.05, 0) is 30.2 Å². The molecular weight excluding hydrogens is 529 g/mol. The van der Waals surface area contributed by atoms with Gasteiger partial charge in [-0.25, -0.2) is 12.8 Å². The van der Waals surface area contributed by atoms with Crippen molar-refractivity contribution < 1.29 is 22.4 Å². The Kier molecular flexibility index (Phi) is 10.3. The van der Waals surface area contributed by atoms with E-state index in [4.69, 9.17) is 11.6 Å². The van der Waals surface area contributed by atoms with Gasteiger partial charge in [0.2, 0.25) is 21.8 Å². The lowest BCUT2D eigenvalue weighted by molar-refractivity contribution is -0.140. The minimum atomic E-state index is -3.94. The molecule has 10 heteroatoms. The third-order valence-electron chi connectivity index (χ3n) is 5.92. The monoisotopic (exact) mass is 559 g/mol. The SMILES string of the molecule is CCCNC(=O)[C@H](Cc1ccccc1)N(Cc1ccccc1F)C(=O)CN(c1ccccc1Cl)S(C)(=O)=O. The summed E-state index contributed by atoms with van der Waals surface area (Å²) >= 11 is 6.27. The average molecular weight is 560 g/mol. The number of nitrogens with one attached hydrogen (secondary N) is 1. The first kappa shape index (κ1) is 29.1. The van der Waals surface area contributed by atoms with E-state index in [0.717, 1.165) is 16.1 Å². The Morgan fingerprint density at radius 2 is 1.61 bits per heavy atom. The normalized spacial score (nSPS) is 12.0. The molecule has 0 heterocycles. The van der Waals surface area contributed by atoms with Crippen LogP contribution in [0.4, 0.5) is 10.1 Å². The van der Waals surface area contributed by atoms with Crippen LogP contribution in [0.1, 0.15) is 24.5 Å². The Bertz CT molecular complexity index is 1350. The van der Waals surface area contributed by atoms with Crippen molar-refractivity contribution >= 4 is 39.1 Å². The van der Waals surface area contributed by atoms with Gasteiger partial charge in [0.05, 0.1) is 17.0 Å². The second-order valence-electron chi connectivity index (χ2n) is 8.83. The zero-order valence-corrected chi connectivity index (χ0v) is 22.9. The molecule has 0 fully saturated rings. The highest BCUT2D eigenvalue weighted by Gasteiger charge is 2.33. The van der Waals surface area contributed by atoms with Crippen LogP contribution in [0, 0.1) is 5.82 Å². The smallest absolute Gasteiger partial charge is 0.244 e. The van der Waals surface area contributed by atoms with Gasteiger partial charge >= 0.3 is 0 Å². The summed E-state index contributed by atoms with van der Waals surface area (Å²) < 4.78 is 41.1. The molecule has 0 aliphatic carbocycles. The first-order valence-electron chi connectivity index (χ1n) is 12.2. The van der Waals surface area contributed by atoms with Crippen molar-refractivity contribution in [3.8, 4) is 0 Å². The molecule has 1 atom stereocenters. The van der Waals surface area contributed by atoms with Gasteiger partial charge in [0.15, 0.2) is 0 Å². The molecule has 0 saturated carbocycles. The molecule has 1 N–H and O–H groups in total. The predicted molar refractivity (Wildman–Crippen MR) is 148 cm³/mol. The quantitative estimate of drug-likeness (QED) is 0.356. The number of rotatable bonds is 12. The van der Waals surface area contributed by atoms with Crippen LogP contribution in [0.5, 0.6) is 0 Å². The molecule has 38 heavy (non-hydrogen) atoms. The fraction of sp³-hybridized carbons (Fsp3) is 0.286. The summed E-state index contributed by atoms with van der Waals surface area (Å²) in [5.74, 6) is -1.63. The predicted octanol–water partition coefficient (Wildman–Crippen LogP) is 4.41. The van der Waals surface area contributed by atoms with Crippen LogP contribution >= 0.6 is 11.6 Å². The summed E-state index contributed by atoms with van der Waals surface area (Å²) in [6.45, 7) is 1.44. The Balaban J connectivity index is 2.06. The fourth-order valence-electron chi connectivity index (χ4n) is 3.98. The number of hydrogen-bond donors (Lipinski definition) is 1. The molecule has 7 nitrogen and oxygen atoms in total. The number of carbonyl (C=O) groups excluding carboxylic acids is 2. The summed E-state index contributed by atoms with van der Waals surface area (Å²) in [4.78, 5) is 28.5. The minimum Gasteiger partial charge on any atom is -0.354 e. The van der Waals surface area contributed by atoms with E-state index in [9.17, 15) is 22.4 Å². The molecule has 0 spiro atoms. The van der Waals surface area contributed by atoms with Crippen LogP contribution in [0.2, 0.25) is 5.02 Å². The molecule has 0 aromatic heterocycles. The number of anilines is 1. The molecule has 3 aromatic rings. The number of carbonyl (C=O) groups is 2. The Morgan fingerprint density at radius 1 is 0.974 bits per heavy atom. The van der Waals surface area contributed by atoms with Gasteiger partial charge < -0.3 is 10.2 Å². The third-order valence-corrected chi connectivity index (χ3v) is 7.37. The maximum absolute atomic E-state index is 14.7. The molecule has 0 aliphatic heterocycles. The van der Waals surface area contributed by atoms with E-state index in [-0.39, 0.29) is 29.2 Å². The summed E-state index contributed by atoms with van der Waals surface area (Å²) in [6.07, 6.45) is 1.81. The highest BCUT2D eigenvalue weighted by Crippen LogP contribution is 2.28. The Morgan fingerprint density at radius 3 is 2.24 bits per heavy atom. The number of hydrogen-bond acceptors (Lipinski definition) is 4. The molecule has 2 amide bonds. The van der Waals surface area contributed by atoms with E-state index in [1.807, 2.05) is 37.3 Å². The van der Waals surface area contributed by atoms with E-state index in [1.165, 1.54) is 35.2 Å². The summed E-state index contributed by atoms with van der Waals surface area (Å²) in [5.41, 5.74) is 1.12. The highest BCUT2D eigenvalue weighted by atomic mass is 35.5. The standard InChI is InChI=1S/C28H31ClFN3O4S/c1-3-17-31-28(35)26(18-21-11-5-4-6-12-21)32(19-22-13-7-9-15-24(22)30)27(34)20-33(38(2,36)37)25-16-10-8-14-23(25)29/h4-16,26H,3,17-20H2,1-2H3,(H,31,35)/t26-/m0/s1. The Hall–Kier alpha value is -3.43. The van der Waals surface area contributed by atoms with E-state index < -0.39 is 40.2 Å². The van der Waals surface area contributed by atoms with Crippen molar-refractivity contribution in [1.29, 1.82) is 0 Å². The third kappa shape index (κ3) is 7.79. The number of amides is 2. The minimum absolute atomic E-state index is 0.130. The lowest BCUT2D eigenvalue weighted by atomic mass is 10.0. The molecule has 3 aromatic carbocycles. The van der Waals surface area contributed by atoms with Crippen molar-refractivity contribution in [3.05, 3.63) is 101 Å². The van der Waals surface area contributed by atoms with E-state index in [2.05, 4.69) is 5.32 Å². The van der Waals surface area contributed by atoms with E-state index >= 15 is 0 Å². The van der Waals surface area contributed by atoms with Crippen molar-refractivity contribution in [2.75, 3.05) is 23.7 Å². The Labute approximate surface area is 228 Å². The second-order valence-corrected chi connectivity index (χ2v) is 11.1. The van der Waals surface area contributed by atoms with Crippen LogP contribution in [-0.2, 0) is 32.6 Å². The molecule has 0 bridgehead atoms. The van der Waals surface area contributed by atoms with Gasteiger partial charge in [0, 0.05) is 25.1 Å². The maximum Gasteiger partial charge on any atom is 0.244 e. The van der Waals surface area contributed by atoms with Crippen LogP contribution in [-0.4, -0.2) is 50.5 Å². The van der Waals surface area contributed by atoms with E-state index in [1.54, 1.807) is 18.2 Å². The van der Waals surface area contributed by atoms with Crippen molar-refractivity contribution in [2.45, 2.75) is 32.4 Å². The molecule has 3 rings (SSSR count). The molecule has 0 saturated heterocycles. The van der Waals surface area contributed by atoms with Gasteiger partial charge in [-0.15, -0.1) is 0 Å². The fourth-order valence-corrected chi connectivity index (χ4v) is 5.13. The van der Waals surface area contributed by atoms with E-state index in [0.29, 0.717) is 13.0 Å². The number of benzene rings is 3. The van der Waals surface area contributed by atoms with Crippen LogP contribution in [0.15, 0.2) is 78.9 Å². The maximum atomic E-state index is 14.7. The average Bonchev–Trinajstić information content (AvgIpc) is 2.89. The lowest BCUT2D eigenvalue weighted by Gasteiger charge is -2.33. The number of halogens is 2. The summed E-state index contributed by atoms with van der Waals surface area (Å²) in [7, 11) is -3.94. The summed E-state index contributed by atoms with van der Waals surface area (Å²) in [6, 6.07) is 20.4. The van der Waals surface area contributed by atoms with Crippen LogP contribution in [0.25, 0.3) is 0 Å². The second kappa shape index (κ2) is 13.4. The van der Waals surface area contributed by atoms with Gasteiger partial charge in [-0.1, -0.05) is 79.2 Å². The zero-order chi connectivity index (χ0) is 27.7. The van der Waals surface area contributed by atoms with Gasteiger partial charge in [0.1, 0.15) is 18.4 Å². The lowest BCUT2D eigenvalue weighted by Crippen LogP contribution is -2.53. The largest absolute Gasteiger partial charge is 0.354 e. The molecule has 0 unspecified atom stereocenters. The first-order valence-corrected chi connectivity index (χ1v) is 14.4. The molecular formula is C28H31ClFN3O4S. The topological polar surface area (TPSA) is 86.8 Å². The first-order chi connectivity index (χ1) is 18.1. The van der Waals surface area contributed by atoms with Crippen molar-refractivity contribution in [3.63, 3.8) is 0 Å². The summed E-state index contributed by atoms with van der Waals surface area (Å²) in [5, 5.41) is 2.98. The van der Waals surface area contributed by atoms with Crippen molar-refractivity contribution in [1.82, 2.24) is 10.2 Å². The van der Waals surface area contributed by atoms with Gasteiger partial charge in [-0.3, -0.25) is 13.9 Å². The molecule has 202 valence electrons. The van der Waals surface area contributed by atoms with Crippen LogP contribution in [0.3, 0.4) is 0 Å². The zero-order valence-electron chi connectivity index (χ0n) is 21.3. The number of nitrogens with zero attached hydrogens (tertiary/aromatic N) is 2. The molecule has 0 radical (unpaired) electrons. The highest BCUT2D eigenvalue weighted by molar-refractivity contribution is 7.92. The van der Waals surface area contributed by atoms with Gasteiger partial charge in [-0.2, -0.15) is 0 Å². The van der Waals surface area contributed by atoms with Gasteiger partial charge in [0.25, 0.3) is 0 Å². The molecule has 0 aliphatic rings. The van der Waals surface area contributed by atoms with Crippen molar-refractivity contribution in [2.24, 2.45) is 0 Å².